The molecule has 0 aliphatic heterocycles. The summed E-state index contributed by atoms with van der Waals surface area (Å²) < 4.78 is 0.934. The molecule has 0 fully saturated rings. The van der Waals surface area contributed by atoms with E-state index in [1.54, 1.807) is 18.7 Å². The zero-order valence-electron chi connectivity index (χ0n) is 9.48. The smallest absolute Gasteiger partial charge is 0.0772 e. The molecule has 4 heteroatoms. The van der Waals surface area contributed by atoms with E-state index in [0.717, 1.165) is 20.7 Å². The number of rotatable bonds is 5. The standard InChI is InChI=1S/C12H17BrO2S/c1-8(6-14)7-16-10-3-4-11(9(2)15)12(13)5-10/h3-5,8-9,14-15H,6-7H2,1-2H3. The monoisotopic (exact) mass is 304 g/mol. The van der Waals surface area contributed by atoms with Crippen molar-refractivity contribution in [1.29, 1.82) is 0 Å². The van der Waals surface area contributed by atoms with Crippen molar-refractivity contribution in [3.05, 3.63) is 28.2 Å². The highest BCUT2D eigenvalue weighted by atomic mass is 79.9. The Labute approximate surface area is 109 Å². The molecule has 90 valence electrons. The third-order valence-electron chi connectivity index (χ3n) is 2.27. The van der Waals surface area contributed by atoms with Crippen LogP contribution in [-0.4, -0.2) is 22.6 Å². The summed E-state index contributed by atoms with van der Waals surface area (Å²) in [6.45, 7) is 3.99. The number of hydrogen-bond donors (Lipinski definition) is 2. The number of aliphatic hydroxyl groups excluding tert-OH is 2. The van der Waals surface area contributed by atoms with Gasteiger partial charge in [0.15, 0.2) is 0 Å². The fourth-order valence-corrected chi connectivity index (χ4v) is 3.04. The fourth-order valence-electron chi connectivity index (χ4n) is 1.23. The van der Waals surface area contributed by atoms with Crippen molar-refractivity contribution in [3.63, 3.8) is 0 Å². The van der Waals surface area contributed by atoms with E-state index in [0.29, 0.717) is 5.92 Å². The van der Waals surface area contributed by atoms with Crippen LogP contribution in [0.25, 0.3) is 0 Å². The zero-order chi connectivity index (χ0) is 12.1. The van der Waals surface area contributed by atoms with Crippen LogP contribution in [0.3, 0.4) is 0 Å². The number of thioether (sulfide) groups is 1. The Morgan fingerprint density at radius 1 is 1.38 bits per heavy atom. The van der Waals surface area contributed by atoms with Gasteiger partial charge in [-0.1, -0.05) is 28.9 Å². The van der Waals surface area contributed by atoms with Gasteiger partial charge in [0.2, 0.25) is 0 Å². The molecule has 0 heterocycles. The van der Waals surface area contributed by atoms with Crippen molar-refractivity contribution in [2.24, 2.45) is 5.92 Å². The SMILES string of the molecule is CC(CO)CSc1ccc(C(C)O)c(Br)c1. The average Bonchev–Trinajstić information content (AvgIpc) is 2.25. The molecule has 2 nitrogen and oxygen atoms in total. The van der Waals surface area contributed by atoms with Gasteiger partial charge in [-0.25, -0.2) is 0 Å². The second-order valence-electron chi connectivity index (χ2n) is 3.96. The molecule has 2 atom stereocenters. The lowest BCUT2D eigenvalue weighted by Crippen LogP contribution is -2.03. The van der Waals surface area contributed by atoms with E-state index in [1.807, 2.05) is 25.1 Å². The molecule has 0 aliphatic rings. The fraction of sp³-hybridized carbons (Fsp3) is 0.500. The van der Waals surface area contributed by atoms with Crippen molar-refractivity contribution < 1.29 is 10.2 Å². The summed E-state index contributed by atoms with van der Waals surface area (Å²) in [7, 11) is 0. The molecule has 0 spiro atoms. The van der Waals surface area contributed by atoms with Crippen LogP contribution in [0, 0.1) is 5.92 Å². The topological polar surface area (TPSA) is 40.5 Å². The Kier molecular flexibility index (Phi) is 5.83. The minimum Gasteiger partial charge on any atom is -0.396 e. The summed E-state index contributed by atoms with van der Waals surface area (Å²) in [5.74, 6) is 1.21. The lowest BCUT2D eigenvalue weighted by molar-refractivity contribution is 0.198. The average molecular weight is 305 g/mol. The summed E-state index contributed by atoms with van der Waals surface area (Å²) in [6.07, 6.45) is -0.454. The first kappa shape index (κ1) is 14.0. The molecule has 2 unspecified atom stereocenters. The highest BCUT2D eigenvalue weighted by Crippen LogP contribution is 2.29. The van der Waals surface area contributed by atoms with Crippen molar-refractivity contribution in [3.8, 4) is 0 Å². The molecular formula is C12H17BrO2S. The van der Waals surface area contributed by atoms with Crippen molar-refractivity contribution in [2.75, 3.05) is 12.4 Å². The highest BCUT2D eigenvalue weighted by Gasteiger charge is 2.07. The second kappa shape index (κ2) is 6.64. The predicted octanol–water partition coefficient (Wildman–Crippen LogP) is 3.22. The lowest BCUT2D eigenvalue weighted by atomic mass is 10.1. The first-order valence-electron chi connectivity index (χ1n) is 5.25. The van der Waals surface area contributed by atoms with Crippen molar-refractivity contribution in [2.45, 2.75) is 24.8 Å². The Morgan fingerprint density at radius 2 is 2.06 bits per heavy atom. The summed E-state index contributed by atoms with van der Waals surface area (Å²) >= 11 is 5.17. The molecular weight excluding hydrogens is 288 g/mol. The lowest BCUT2D eigenvalue weighted by Gasteiger charge is -2.11. The first-order chi connectivity index (χ1) is 7.54. The van der Waals surface area contributed by atoms with E-state index in [2.05, 4.69) is 15.9 Å². The van der Waals surface area contributed by atoms with Crippen LogP contribution in [0.1, 0.15) is 25.5 Å². The Balaban J connectivity index is 2.66. The van der Waals surface area contributed by atoms with Crippen LogP contribution in [-0.2, 0) is 0 Å². The van der Waals surface area contributed by atoms with Gasteiger partial charge in [-0.3, -0.25) is 0 Å². The molecule has 0 amide bonds. The first-order valence-corrected chi connectivity index (χ1v) is 7.03. The molecule has 0 saturated carbocycles. The van der Waals surface area contributed by atoms with Gasteiger partial charge in [-0.2, -0.15) is 0 Å². The molecule has 2 N–H and O–H groups in total. The normalized spacial score (nSPS) is 14.8. The Morgan fingerprint density at radius 3 is 2.56 bits per heavy atom. The molecule has 0 aliphatic carbocycles. The molecule has 16 heavy (non-hydrogen) atoms. The van der Waals surface area contributed by atoms with E-state index in [1.165, 1.54) is 0 Å². The van der Waals surface area contributed by atoms with Gasteiger partial charge in [-0.05, 0) is 30.5 Å². The van der Waals surface area contributed by atoms with Gasteiger partial charge in [0.25, 0.3) is 0 Å². The number of aliphatic hydroxyl groups is 2. The molecule has 0 bridgehead atoms. The van der Waals surface area contributed by atoms with Gasteiger partial charge in [0, 0.05) is 21.7 Å². The number of benzene rings is 1. The van der Waals surface area contributed by atoms with Gasteiger partial charge in [0.05, 0.1) is 6.10 Å². The zero-order valence-corrected chi connectivity index (χ0v) is 11.9. The van der Waals surface area contributed by atoms with E-state index in [4.69, 9.17) is 5.11 Å². The van der Waals surface area contributed by atoms with E-state index >= 15 is 0 Å². The van der Waals surface area contributed by atoms with Crippen LogP contribution in [0.4, 0.5) is 0 Å². The van der Waals surface area contributed by atoms with Gasteiger partial charge >= 0.3 is 0 Å². The Bertz CT molecular complexity index is 342. The predicted molar refractivity (Wildman–Crippen MR) is 71.7 cm³/mol. The van der Waals surface area contributed by atoms with Crippen molar-refractivity contribution >= 4 is 27.7 Å². The van der Waals surface area contributed by atoms with Gasteiger partial charge in [-0.15, -0.1) is 11.8 Å². The molecule has 0 radical (unpaired) electrons. The molecule has 0 saturated heterocycles. The van der Waals surface area contributed by atoms with Crippen molar-refractivity contribution in [1.82, 2.24) is 0 Å². The minimum atomic E-state index is -0.454. The molecule has 0 aromatic heterocycles. The largest absolute Gasteiger partial charge is 0.396 e. The third kappa shape index (κ3) is 4.09. The van der Waals surface area contributed by atoms with Crippen LogP contribution in [0.15, 0.2) is 27.6 Å². The number of halogens is 1. The highest BCUT2D eigenvalue weighted by molar-refractivity contribution is 9.10. The maximum atomic E-state index is 9.48. The Hall–Kier alpha value is -0.0300. The van der Waals surface area contributed by atoms with Crippen LogP contribution >= 0.6 is 27.7 Å². The summed E-state index contributed by atoms with van der Waals surface area (Å²) in [5.41, 5.74) is 0.902. The van der Waals surface area contributed by atoms with Gasteiger partial charge in [0.1, 0.15) is 0 Å². The summed E-state index contributed by atoms with van der Waals surface area (Å²) in [4.78, 5) is 1.15. The summed E-state index contributed by atoms with van der Waals surface area (Å²) in [5, 5.41) is 18.4. The summed E-state index contributed by atoms with van der Waals surface area (Å²) in [6, 6.07) is 5.94. The molecule has 1 aromatic carbocycles. The van der Waals surface area contributed by atoms with Crippen LogP contribution < -0.4 is 0 Å². The minimum absolute atomic E-state index is 0.222. The van der Waals surface area contributed by atoms with Gasteiger partial charge < -0.3 is 10.2 Å². The van der Waals surface area contributed by atoms with E-state index in [9.17, 15) is 5.11 Å². The maximum Gasteiger partial charge on any atom is 0.0772 e. The molecule has 1 aromatic rings. The van der Waals surface area contributed by atoms with E-state index in [-0.39, 0.29) is 6.61 Å². The van der Waals surface area contributed by atoms with Crippen LogP contribution in [0.5, 0.6) is 0 Å². The maximum absolute atomic E-state index is 9.48. The van der Waals surface area contributed by atoms with E-state index < -0.39 is 6.10 Å². The quantitative estimate of drug-likeness (QED) is 0.821. The molecule has 1 rings (SSSR count). The number of hydrogen-bond acceptors (Lipinski definition) is 3. The third-order valence-corrected chi connectivity index (χ3v) is 4.28. The van der Waals surface area contributed by atoms with Crippen LogP contribution in [0.2, 0.25) is 0 Å². The second-order valence-corrected chi connectivity index (χ2v) is 5.91.